The number of amides is 1. The van der Waals surface area contributed by atoms with Gasteiger partial charge in [0.25, 0.3) is 0 Å². The third kappa shape index (κ3) is 2.18. The molecule has 0 aromatic heterocycles. The summed E-state index contributed by atoms with van der Waals surface area (Å²) in [5.74, 6) is -0.582. The Labute approximate surface area is 76.4 Å². The first-order valence-corrected chi connectivity index (χ1v) is 4.30. The van der Waals surface area contributed by atoms with Gasteiger partial charge < -0.3 is 20.6 Å². The minimum Gasteiger partial charge on any atom is -0.396 e. The Kier molecular flexibility index (Phi) is 3.24. The first-order valence-electron chi connectivity index (χ1n) is 4.30. The van der Waals surface area contributed by atoms with Gasteiger partial charge in [-0.2, -0.15) is 0 Å². The summed E-state index contributed by atoms with van der Waals surface area (Å²) >= 11 is 0. The van der Waals surface area contributed by atoms with Gasteiger partial charge in [0.15, 0.2) is 0 Å². The third-order valence-electron chi connectivity index (χ3n) is 2.42. The highest BCUT2D eigenvalue weighted by Crippen LogP contribution is 2.26. The molecule has 1 aliphatic carbocycles. The molecule has 5 heteroatoms. The SMILES string of the molecule is CC(=O)NC1CC(CO)[C@@H](O)[C@H]1O. The minimum atomic E-state index is -0.971. The second kappa shape index (κ2) is 4.04. The molecule has 0 saturated heterocycles. The van der Waals surface area contributed by atoms with Gasteiger partial charge in [-0.25, -0.2) is 0 Å². The van der Waals surface area contributed by atoms with Crippen molar-refractivity contribution >= 4 is 5.91 Å². The number of aliphatic hydroxyl groups is 3. The van der Waals surface area contributed by atoms with Gasteiger partial charge in [-0.1, -0.05) is 0 Å². The van der Waals surface area contributed by atoms with Gasteiger partial charge in [0.1, 0.15) is 6.10 Å². The van der Waals surface area contributed by atoms with E-state index >= 15 is 0 Å². The molecule has 1 saturated carbocycles. The minimum absolute atomic E-state index is 0.172. The average Bonchev–Trinajstić information content (AvgIpc) is 2.32. The van der Waals surface area contributed by atoms with Crippen LogP contribution in [0.15, 0.2) is 0 Å². The van der Waals surface area contributed by atoms with E-state index in [2.05, 4.69) is 5.32 Å². The Morgan fingerprint density at radius 2 is 2.08 bits per heavy atom. The molecule has 4 atom stereocenters. The summed E-state index contributed by atoms with van der Waals surface area (Å²) in [5, 5.41) is 30.2. The second-order valence-corrected chi connectivity index (χ2v) is 3.47. The average molecular weight is 189 g/mol. The van der Waals surface area contributed by atoms with Gasteiger partial charge in [0, 0.05) is 19.4 Å². The van der Waals surface area contributed by atoms with Gasteiger partial charge in [-0.3, -0.25) is 4.79 Å². The Hall–Kier alpha value is -0.650. The summed E-state index contributed by atoms with van der Waals surface area (Å²) in [4.78, 5) is 10.7. The molecule has 5 nitrogen and oxygen atoms in total. The lowest BCUT2D eigenvalue weighted by Crippen LogP contribution is -2.42. The van der Waals surface area contributed by atoms with E-state index in [0.717, 1.165) is 0 Å². The van der Waals surface area contributed by atoms with Gasteiger partial charge >= 0.3 is 0 Å². The molecule has 0 radical (unpaired) electrons. The van der Waals surface area contributed by atoms with Crippen molar-refractivity contribution in [3.63, 3.8) is 0 Å². The van der Waals surface area contributed by atoms with Crippen LogP contribution in [0.3, 0.4) is 0 Å². The fourth-order valence-corrected chi connectivity index (χ4v) is 1.71. The lowest BCUT2D eigenvalue weighted by molar-refractivity contribution is -0.120. The van der Waals surface area contributed by atoms with E-state index in [-0.39, 0.29) is 18.4 Å². The highest BCUT2D eigenvalue weighted by molar-refractivity contribution is 5.73. The fraction of sp³-hybridized carbons (Fsp3) is 0.875. The van der Waals surface area contributed by atoms with E-state index in [1.165, 1.54) is 6.92 Å². The van der Waals surface area contributed by atoms with Crippen molar-refractivity contribution in [2.24, 2.45) is 5.92 Å². The van der Waals surface area contributed by atoms with Crippen molar-refractivity contribution in [3.05, 3.63) is 0 Å². The Morgan fingerprint density at radius 1 is 1.46 bits per heavy atom. The monoisotopic (exact) mass is 189 g/mol. The molecule has 1 rings (SSSR count). The van der Waals surface area contributed by atoms with Crippen LogP contribution < -0.4 is 5.32 Å². The Bertz CT molecular complexity index is 197. The lowest BCUT2D eigenvalue weighted by atomic mass is 10.1. The highest BCUT2D eigenvalue weighted by Gasteiger charge is 2.41. The quantitative estimate of drug-likeness (QED) is 0.413. The second-order valence-electron chi connectivity index (χ2n) is 3.47. The van der Waals surface area contributed by atoms with Crippen LogP contribution in [-0.2, 0) is 4.79 Å². The van der Waals surface area contributed by atoms with E-state index in [0.29, 0.717) is 6.42 Å². The summed E-state index contributed by atoms with van der Waals surface area (Å²) in [6, 6.07) is -0.440. The summed E-state index contributed by atoms with van der Waals surface area (Å²) in [5.41, 5.74) is 0. The number of aliphatic hydroxyl groups excluding tert-OH is 3. The molecule has 0 spiro atoms. The van der Waals surface area contributed by atoms with Gasteiger partial charge in [0.05, 0.1) is 12.1 Å². The molecule has 2 unspecified atom stereocenters. The predicted octanol–water partition coefficient (Wildman–Crippen LogP) is -1.77. The molecule has 0 aromatic rings. The largest absolute Gasteiger partial charge is 0.396 e. The highest BCUT2D eigenvalue weighted by atomic mass is 16.3. The van der Waals surface area contributed by atoms with E-state index < -0.39 is 18.2 Å². The number of nitrogens with one attached hydrogen (secondary N) is 1. The van der Waals surface area contributed by atoms with E-state index in [4.69, 9.17) is 5.11 Å². The summed E-state index contributed by atoms with van der Waals surface area (Å²) in [7, 11) is 0. The van der Waals surface area contributed by atoms with Crippen molar-refractivity contribution in [2.75, 3.05) is 6.61 Å². The number of hydrogen-bond acceptors (Lipinski definition) is 4. The van der Waals surface area contributed by atoms with E-state index in [1.807, 2.05) is 0 Å². The summed E-state index contributed by atoms with van der Waals surface area (Å²) in [6.45, 7) is 1.18. The maximum atomic E-state index is 10.7. The van der Waals surface area contributed by atoms with Crippen molar-refractivity contribution in [3.8, 4) is 0 Å². The van der Waals surface area contributed by atoms with Crippen LogP contribution in [0.25, 0.3) is 0 Å². The maximum Gasteiger partial charge on any atom is 0.217 e. The molecule has 1 aliphatic rings. The zero-order valence-corrected chi connectivity index (χ0v) is 7.47. The molecular formula is C8H15NO4. The molecule has 4 N–H and O–H groups in total. The molecule has 76 valence electrons. The molecule has 1 fully saturated rings. The van der Waals surface area contributed by atoms with Crippen LogP contribution in [0, 0.1) is 5.92 Å². The van der Waals surface area contributed by atoms with Gasteiger partial charge in [0.2, 0.25) is 5.91 Å². The number of carbonyl (C=O) groups excluding carboxylic acids is 1. The number of carbonyl (C=O) groups is 1. The molecular weight excluding hydrogens is 174 g/mol. The molecule has 1 amide bonds. The van der Waals surface area contributed by atoms with E-state index in [9.17, 15) is 15.0 Å². The van der Waals surface area contributed by atoms with Crippen molar-refractivity contribution in [2.45, 2.75) is 31.6 Å². The molecule has 0 bridgehead atoms. The fourth-order valence-electron chi connectivity index (χ4n) is 1.71. The summed E-state index contributed by atoms with van der Waals surface area (Å²) < 4.78 is 0. The number of hydrogen-bond donors (Lipinski definition) is 4. The Morgan fingerprint density at radius 3 is 2.46 bits per heavy atom. The molecule has 0 aliphatic heterocycles. The first kappa shape index (κ1) is 10.4. The van der Waals surface area contributed by atoms with Crippen LogP contribution in [0.1, 0.15) is 13.3 Å². The smallest absolute Gasteiger partial charge is 0.217 e. The third-order valence-corrected chi connectivity index (χ3v) is 2.42. The Balaban J connectivity index is 2.55. The van der Waals surface area contributed by atoms with Gasteiger partial charge in [-0.05, 0) is 6.42 Å². The normalized spacial score (nSPS) is 39.1. The molecule has 0 heterocycles. The van der Waals surface area contributed by atoms with Crippen LogP contribution in [-0.4, -0.2) is 46.1 Å². The van der Waals surface area contributed by atoms with Crippen LogP contribution in [0.5, 0.6) is 0 Å². The zero-order valence-electron chi connectivity index (χ0n) is 7.47. The molecule has 0 aromatic carbocycles. The van der Waals surface area contributed by atoms with Crippen molar-refractivity contribution in [1.29, 1.82) is 0 Å². The zero-order chi connectivity index (χ0) is 10.0. The summed E-state index contributed by atoms with van der Waals surface area (Å²) in [6.07, 6.45) is -1.50. The number of rotatable bonds is 2. The lowest BCUT2D eigenvalue weighted by Gasteiger charge is -2.16. The maximum absolute atomic E-state index is 10.7. The van der Waals surface area contributed by atoms with Crippen LogP contribution >= 0.6 is 0 Å². The van der Waals surface area contributed by atoms with Crippen LogP contribution in [0.4, 0.5) is 0 Å². The van der Waals surface area contributed by atoms with Gasteiger partial charge in [-0.15, -0.1) is 0 Å². The van der Waals surface area contributed by atoms with Crippen LogP contribution in [0.2, 0.25) is 0 Å². The standard InChI is InChI=1S/C8H15NO4/c1-4(11)9-6-2-5(3-10)7(12)8(6)13/h5-8,10,12-13H,2-3H2,1H3,(H,9,11)/t5?,6?,7-,8+/m1/s1. The predicted molar refractivity (Wildman–Crippen MR) is 44.8 cm³/mol. The van der Waals surface area contributed by atoms with Crippen molar-refractivity contribution in [1.82, 2.24) is 5.32 Å². The topological polar surface area (TPSA) is 89.8 Å². The van der Waals surface area contributed by atoms with Crippen molar-refractivity contribution < 1.29 is 20.1 Å². The van der Waals surface area contributed by atoms with E-state index in [1.54, 1.807) is 0 Å². The molecule has 13 heavy (non-hydrogen) atoms. The first-order chi connectivity index (χ1) is 6.06.